The molecule has 12 heteroatoms. The second kappa shape index (κ2) is 13.8. The van der Waals surface area contributed by atoms with Crippen LogP contribution in [0.3, 0.4) is 0 Å². The topological polar surface area (TPSA) is 119 Å². The van der Waals surface area contributed by atoms with Crippen LogP contribution in [0.25, 0.3) is 0 Å². The van der Waals surface area contributed by atoms with Crippen LogP contribution in [-0.2, 0) is 0 Å². The second-order valence-corrected chi connectivity index (χ2v) is 9.31. The lowest BCUT2D eigenvalue weighted by Gasteiger charge is -2.34. The fraction of sp³-hybridized carbons (Fsp3) is 0.385. The lowest BCUT2D eigenvalue weighted by atomic mass is 9.90. The summed E-state index contributed by atoms with van der Waals surface area (Å²) in [4.78, 5) is 25.5. The lowest BCUT2D eigenvalue weighted by Crippen LogP contribution is -2.57. The Bertz CT molecular complexity index is 1100. The highest BCUT2D eigenvalue weighted by molar-refractivity contribution is 7.80. The summed E-state index contributed by atoms with van der Waals surface area (Å²) < 4.78 is 21.0. The van der Waals surface area contributed by atoms with E-state index >= 15 is 0 Å². The van der Waals surface area contributed by atoms with Gasteiger partial charge in [-0.1, -0.05) is 12.8 Å². The van der Waals surface area contributed by atoms with Crippen molar-refractivity contribution >= 4 is 46.5 Å². The number of benzene rings is 2. The molecule has 1 aliphatic rings. The smallest absolute Gasteiger partial charge is 0.257 e. The fourth-order valence-electron chi connectivity index (χ4n) is 4.19. The molecule has 2 aromatic rings. The molecule has 1 fully saturated rings. The van der Waals surface area contributed by atoms with Crippen molar-refractivity contribution in [1.29, 1.82) is 0 Å². The van der Waals surface area contributed by atoms with E-state index in [-0.39, 0.29) is 34.1 Å². The first kappa shape index (κ1) is 28.9. The summed E-state index contributed by atoms with van der Waals surface area (Å²) in [6, 6.07) is 9.54. The van der Waals surface area contributed by atoms with Gasteiger partial charge >= 0.3 is 0 Å². The van der Waals surface area contributed by atoms with Gasteiger partial charge in [-0.05, 0) is 73.7 Å². The van der Waals surface area contributed by atoms with E-state index in [1.165, 1.54) is 28.4 Å². The molecule has 38 heavy (non-hydrogen) atoms. The predicted octanol–water partition coefficient (Wildman–Crippen LogP) is 2.94. The Kier molecular flexibility index (Phi) is 10.5. The summed E-state index contributed by atoms with van der Waals surface area (Å²) in [6.07, 6.45) is 3.62. The average Bonchev–Trinajstić information content (AvgIpc) is 2.92. The monoisotopic (exact) mass is 560 g/mol. The highest BCUT2D eigenvalue weighted by Crippen LogP contribution is 2.28. The van der Waals surface area contributed by atoms with Crippen LogP contribution in [0.4, 0.5) is 0 Å². The first-order valence-electron chi connectivity index (χ1n) is 12.0. The molecule has 2 amide bonds. The number of nitrogens with one attached hydrogen (secondary N) is 4. The van der Waals surface area contributed by atoms with Crippen molar-refractivity contribution in [2.75, 3.05) is 28.4 Å². The van der Waals surface area contributed by atoms with Gasteiger partial charge in [0.2, 0.25) is 0 Å². The Morgan fingerprint density at radius 1 is 0.658 bits per heavy atom. The highest BCUT2D eigenvalue weighted by atomic mass is 32.1. The normalized spacial score (nSPS) is 16.4. The maximum Gasteiger partial charge on any atom is 0.257 e. The van der Waals surface area contributed by atoms with Gasteiger partial charge in [0, 0.05) is 23.2 Å². The van der Waals surface area contributed by atoms with Gasteiger partial charge in [-0.25, -0.2) is 0 Å². The third-order valence-electron chi connectivity index (χ3n) is 6.14. The molecule has 3 rings (SSSR count). The number of methoxy groups -OCH3 is 4. The molecule has 0 radical (unpaired) electrons. The fourth-order valence-corrected chi connectivity index (χ4v) is 4.68. The van der Waals surface area contributed by atoms with Crippen LogP contribution >= 0.6 is 24.4 Å². The van der Waals surface area contributed by atoms with Crippen LogP contribution in [0.5, 0.6) is 23.0 Å². The van der Waals surface area contributed by atoms with E-state index in [2.05, 4.69) is 21.3 Å². The molecule has 0 unspecified atom stereocenters. The number of amides is 2. The largest absolute Gasteiger partial charge is 0.493 e. The van der Waals surface area contributed by atoms with Crippen molar-refractivity contribution in [2.24, 2.45) is 0 Å². The van der Waals surface area contributed by atoms with E-state index in [9.17, 15) is 9.59 Å². The third kappa shape index (κ3) is 7.45. The highest BCUT2D eigenvalue weighted by Gasteiger charge is 2.27. The van der Waals surface area contributed by atoms with Gasteiger partial charge in [-0.15, -0.1) is 0 Å². The minimum Gasteiger partial charge on any atom is -0.493 e. The van der Waals surface area contributed by atoms with E-state index < -0.39 is 0 Å². The quantitative estimate of drug-likeness (QED) is 0.359. The molecule has 0 spiro atoms. The van der Waals surface area contributed by atoms with Crippen LogP contribution < -0.4 is 40.2 Å². The number of hydrogen-bond acceptors (Lipinski definition) is 8. The summed E-state index contributed by atoms with van der Waals surface area (Å²) in [5.41, 5.74) is 0.758. The first-order valence-corrected chi connectivity index (χ1v) is 12.8. The molecule has 0 aromatic heterocycles. The van der Waals surface area contributed by atoms with Crippen molar-refractivity contribution in [1.82, 2.24) is 21.3 Å². The third-order valence-corrected chi connectivity index (χ3v) is 6.58. The van der Waals surface area contributed by atoms with E-state index in [1.54, 1.807) is 36.4 Å². The molecule has 10 nitrogen and oxygen atoms in total. The van der Waals surface area contributed by atoms with Gasteiger partial charge in [0.25, 0.3) is 11.8 Å². The Hall–Kier alpha value is -3.64. The lowest BCUT2D eigenvalue weighted by molar-refractivity contribution is 0.0966. The van der Waals surface area contributed by atoms with Crippen molar-refractivity contribution in [3.8, 4) is 23.0 Å². The summed E-state index contributed by atoms with van der Waals surface area (Å²) >= 11 is 10.8. The summed E-state index contributed by atoms with van der Waals surface area (Å²) in [5.74, 6) is 1.19. The van der Waals surface area contributed by atoms with Gasteiger partial charge in [-0.3, -0.25) is 20.2 Å². The van der Waals surface area contributed by atoms with Crippen molar-refractivity contribution in [2.45, 2.75) is 37.8 Å². The second-order valence-electron chi connectivity index (χ2n) is 8.49. The maximum atomic E-state index is 12.7. The van der Waals surface area contributed by atoms with Crippen LogP contribution in [0, 0.1) is 0 Å². The molecule has 0 heterocycles. The van der Waals surface area contributed by atoms with E-state index in [4.69, 9.17) is 43.4 Å². The minimum atomic E-state index is -0.374. The Morgan fingerprint density at radius 2 is 1.03 bits per heavy atom. The molecule has 204 valence electrons. The van der Waals surface area contributed by atoms with Gasteiger partial charge in [-0.2, -0.15) is 0 Å². The number of thiocarbonyl (C=S) groups is 2. The molecule has 0 saturated heterocycles. The molecule has 0 bridgehead atoms. The van der Waals surface area contributed by atoms with Crippen LogP contribution in [0.15, 0.2) is 36.4 Å². The zero-order valence-electron chi connectivity index (χ0n) is 21.7. The van der Waals surface area contributed by atoms with E-state index in [0.29, 0.717) is 34.1 Å². The zero-order chi connectivity index (χ0) is 27.7. The molecule has 4 N–H and O–H groups in total. The molecule has 2 atom stereocenters. The van der Waals surface area contributed by atoms with E-state index in [0.717, 1.165) is 25.7 Å². The van der Waals surface area contributed by atoms with Gasteiger partial charge < -0.3 is 29.6 Å². The predicted molar refractivity (Wildman–Crippen MR) is 152 cm³/mol. The molecular weight excluding hydrogens is 528 g/mol. The summed E-state index contributed by atoms with van der Waals surface area (Å²) in [6.45, 7) is 0. The maximum absolute atomic E-state index is 12.7. The minimum absolute atomic E-state index is 0.0992. The average molecular weight is 561 g/mol. The zero-order valence-corrected chi connectivity index (χ0v) is 23.3. The van der Waals surface area contributed by atoms with Crippen molar-refractivity contribution in [3.63, 3.8) is 0 Å². The van der Waals surface area contributed by atoms with Crippen molar-refractivity contribution < 1.29 is 28.5 Å². The van der Waals surface area contributed by atoms with E-state index in [1.807, 2.05) is 0 Å². The molecule has 1 aliphatic carbocycles. The first-order chi connectivity index (χ1) is 18.3. The standard InChI is InChI=1S/C26H32N4O6S2/c1-33-19-11-9-15(13-21(19)35-3)23(31)29-25(37)27-17-7-5-6-8-18(17)28-26(38)30-24(32)16-10-12-20(34-2)22(14-16)36-4/h9-14,17-18H,5-8H2,1-4H3,(H2,27,29,31,37)(H2,28,30,32,38)/t17-,18+. The number of carbonyl (C=O) groups excluding carboxylic acids is 2. The SMILES string of the molecule is COc1ccc(C(=O)NC(=S)N[C@H]2CCCC[C@H]2NC(=S)NC(=O)c2ccc(OC)c(OC)c2)cc1OC. The Morgan fingerprint density at radius 3 is 1.37 bits per heavy atom. The van der Waals surface area contributed by atoms with Crippen molar-refractivity contribution in [3.05, 3.63) is 47.5 Å². The van der Waals surface area contributed by atoms with Gasteiger partial charge in [0.05, 0.1) is 28.4 Å². The number of rotatable bonds is 8. The number of carbonyl (C=O) groups is 2. The van der Waals surface area contributed by atoms with Gasteiger partial charge in [0.15, 0.2) is 33.2 Å². The molecule has 1 saturated carbocycles. The molecular formula is C26H32N4O6S2. The summed E-state index contributed by atoms with van der Waals surface area (Å²) in [5, 5.41) is 12.3. The Balaban J connectivity index is 1.57. The summed E-state index contributed by atoms with van der Waals surface area (Å²) in [7, 11) is 6.06. The number of ether oxygens (including phenoxy) is 4. The Labute approximate surface area is 232 Å². The van der Waals surface area contributed by atoms with Gasteiger partial charge in [0.1, 0.15) is 0 Å². The number of hydrogen-bond donors (Lipinski definition) is 4. The van der Waals surface area contributed by atoms with Crippen LogP contribution in [-0.4, -0.2) is 62.6 Å². The molecule has 0 aliphatic heterocycles. The van der Waals surface area contributed by atoms with Crippen LogP contribution in [0.2, 0.25) is 0 Å². The molecule has 2 aromatic carbocycles. The van der Waals surface area contributed by atoms with Crippen LogP contribution in [0.1, 0.15) is 46.4 Å².